The first-order valence-corrected chi connectivity index (χ1v) is 11.1. The number of aliphatic hydroxyl groups is 1. The molecule has 0 saturated heterocycles. The van der Waals surface area contributed by atoms with Gasteiger partial charge in [0.25, 0.3) is 0 Å². The van der Waals surface area contributed by atoms with E-state index >= 15 is 0 Å². The molecule has 31 heavy (non-hydrogen) atoms. The molecule has 3 amide bonds. The second-order valence-corrected chi connectivity index (χ2v) is 7.94. The number of amides is 3. The third kappa shape index (κ3) is 9.37. The van der Waals surface area contributed by atoms with Gasteiger partial charge in [-0.3, -0.25) is 14.4 Å². The number of aliphatic hydroxyl groups excluding tert-OH is 1. The standard InChI is InChI=1S/C20H30N4O6S/c1-12(22-18(27)14(21)8-9-31-2)17(26)23-15(10-13-6-4-3-5-7-13)19(28)24-16(11-25)20(29)30/h3-7,12,14-16,25H,8-11,21H2,1-2H3,(H,22,27)(H,23,26)(H,24,28)(H,29,30). The highest BCUT2D eigenvalue weighted by Gasteiger charge is 2.28. The average Bonchev–Trinajstić information content (AvgIpc) is 2.75. The zero-order chi connectivity index (χ0) is 23.4. The van der Waals surface area contributed by atoms with Crippen LogP contribution >= 0.6 is 11.8 Å². The molecule has 0 aliphatic rings. The van der Waals surface area contributed by atoms with E-state index in [1.54, 1.807) is 42.1 Å². The molecule has 0 spiro atoms. The molecule has 4 unspecified atom stereocenters. The van der Waals surface area contributed by atoms with Crippen LogP contribution in [0.25, 0.3) is 0 Å². The molecule has 0 aromatic heterocycles. The predicted molar refractivity (Wildman–Crippen MR) is 117 cm³/mol. The highest BCUT2D eigenvalue weighted by Crippen LogP contribution is 2.05. The molecule has 0 saturated carbocycles. The quantitative estimate of drug-likeness (QED) is 0.217. The summed E-state index contributed by atoms with van der Waals surface area (Å²) in [6, 6.07) is 4.48. The lowest BCUT2D eigenvalue weighted by Gasteiger charge is -2.23. The monoisotopic (exact) mass is 454 g/mol. The van der Waals surface area contributed by atoms with Crippen LogP contribution in [0.3, 0.4) is 0 Å². The Kier molecular flexibility index (Phi) is 11.6. The van der Waals surface area contributed by atoms with E-state index < -0.39 is 54.5 Å². The van der Waals surface area contributed by atoms with E-state index in [-0.39, 0.29) is 6.42 Å². The molecule has 0 fully saturated rings. The fourth-order valence-electron chi connectivity index (χ4n) is 2.58. The minimum Gasteiger partial charge on any atom is -0.480 e. The summed E-state index contributed by atoms with van der Waals surface area (Å²) >= 11 is 1.55. The zero-order valence-corrected chi connectivity index (χ0v) is 18.4. The predicted octanol–water partition coefficient (Wildman–Crippen LogP) is -1.14. The lowest BCUT2D eigenvalue weighted by Crippen LogP contribution is -2.57. The maximum atomic E-state index is 12.6. The van der Waals surface area contributed by atoms with E-state index in [1.807, 2.05) is 6.26 Å². The van der Waals surface area contributed by atoms with Crippen molar-refractivity contribution in [3.8, 4) is 0 Å². The Morgan fingerprint density at radius 2 is 1.61 bits per heavy atom. The molecule has 0 bridgehead atoms. The third-order valence-electron chi connectivity index (χ3n) is 4.43. The summed E-state index contributed by atoms with van der Waals surface area (Å²) < 4.78 is 0. The number of benzene rings is 1. The highest BCUT2D eigenvalue weighted by molar-refractivity contribution is 7.98. The van der Waals surface area contributed by atoms with E-state index in [1.165, 1.54) is 6.92 Å². The molecule has 7 N–H and O–H groups in total. The molecule has 4 atom stereocenters. The van der Waals surface area contributed by atoms with Crippen molar-refractivity contribution in [1.29, 1.82) is 0 Å². The van der Waals surface area contributed by atoms with E-state index in [0.717, 1.165) is 5.56 Å². The van der Waals surface area contributed by atoms with Crippen LogP contribution in [0.1, 0.15) is 18.9 Å². The Morgan fingerprint density at radius 1 is 1.00 bits per heavy atom. The number of carbonyl (C=O) groups is 4. The number of carboxylic acids is 1. The molecule has 10 nitrogen and oxygen atoms in total. The van der Waals surface area contributed by atoms with Gasteiger partial charge in [-0.05, 0) is 30.9 Å². The molecule has 0 heterocycles. The molecular weight excluding hydrogens is 424 g/mol. The van der Waals surface area contributed by atoms with Crippen LogP contribution in [0.15, 0.2) is 30.3 Å². The number of nitrogens with two attached hydrogens (primary N) is 1. The van der Waals surface area contributed by atoms with Gasteiger partial charge in [0.05, 0.1) is 12.6 Å². The van der Waals surface area contributed by atoms with Gasteiger partial charge in [-0.25, -0.2) is 4.79 Å². The highest BCUT2D eigenvalue weighted by atomic mass is 32.2. The molecule has 1 rings (SSSR count). The normalized spacial score (nSPS) is 14.6. The first-order valence-electron chi connectivity index (χ1n) is 9.72. The fraction of sp³-hybridized carbons (Fsp3) is 0.500. The molecule has 0 radical (unpaired) electrons. The van der Waals surface area contributed by atoms with Crippen molar-refractivity contribution in [2.24, 2.45) is 5.73 Å². The minimum atomic E-state index is -1.51. The van der Waals surface area contributed by atoms with E-state index in [2.05, 4.69) is 16.0 Å². The molecule has 172 valence electrons. The third-order valence-corrected chi connectivity index (χ3v) is 5.08. The van der Waals surface area contributed by atoms with Gasteiger partial charge in [-0.15, -0.1) is 0 Å². The van der Waals surface area contributed by atoms with E-state index in [0.29, 0.717) is 12.2 Å². The van der Waals surface area contributed by atoms with E-state index in [4.69, 9.17) is 15.9 Å². The van der Waals surface area contributed by atoms with Gasteiger partial charge in [0.2, 0.25) is 17.7 Å². The average molecular weight is 455 g/mol. The summed E-state index contributed by atoms with van der Waals surface area (Å²) in [6.07, 6.45) is 2.44. The number of hydrogen-bond acceptors (Lipinski definition) is 7. The van der Waals surface area contributed by atoms with Gasteiger partial charge in [-0.2, -0.15) is 11.8 Å². The van der Waals surface area contributed by atoms with Crippen LogP contribution in [0.5, 0.6) is 0 Å². The second kappa shape index (κ2) is 13.6. The summed E-state index contributed by atoms with van der Waals surface area (Å²) in [6.45, 7) is 0.660. The number of hydrogen-bond donors (Lipinski definition) is 6. The SMILES string of the molecule is CSCCC(N)C(=O)NC(C)C(=O)NC(Cc1ccccc1)C(=O)NC(CO)C(=O)O. The van der Waals surface area contributed by atoms with Gasteiger partial charge in [-0.1, -0.05) is 30.3 Å². The lowest BCUT2D eigenvalue weighted by atomic mass is 10.0. The van der Waals surface area contributed by atoms with E-state index in [9.17, 15) is 19.2 Å². The van der Waals surface area contributed by atoms with Crippen LogP contribution in [0.4, 0.5) is 0 Å². The van der Waals surface area contributed by atoms with Crippen molar-refractivity contribution in [3.05, 3.63) is 35.9 Å². The van der Waals surface area contributed by atoms with Crippen LogP contribution in [0.2, 0.25) is 0 Å². The number of carboxylic acid groups (broad SMARTS) is 1. The minimum absolute atomic E-state index is 0.0874. The van der Waals surface area contributed by atoms with Crippen molar-refractivity contribution in [1.82, 2.24) is 16.0 Å². The maximum Gasteiger partial charge on any atom is 0.328 e. The van der Waals surface area contributed by atoms with Gasteiger partial charge in [0, 0.05) is 6.42 Å². The van der Waals surface area contributed by atoms with Gasteiger partial charge in [0.1, 0.15) is 18.1 Å². The van der Waals surface area contributed by atoms with Crippen LogP contribution in [-0.2, 0) is 25.6 Å². The van der Waals surface area contributed by atoms with Gasteiger partial charge >= 0.3 is 5.97 Å². The van der Waals surface area contributed by atoms with Crippen molar-refractivity contribution in [3.63, 3.8) is 0 Å². The number of aliphatic carboxylic acids is 1. The summed E-state index contributed by atoms with van der Waals surface area (Å²) in [5.41, 5.74) is 6.53. The smallest absolute Gasteiger partial charge is 0.328 e. The lowest BCUT2D eigenvalue weighted by molar-refractivity contribution is -0.143. The Balaban J connectivity index is 2.85. The van der Waals surface area contributed by atoms with Crippen LogP contribution < -0.4 is 21.7 Å². The maximum absolute atomic E-state index is 12.6. The Bertz CT molecular complexity index is 748. The first kappa shape index (κ1) is 26.4. The first-order chi connectivity index (χ1) is 14.7. The molecule has 0 aliphatic carbocycles. The van der Waals surface area contributed by atoms with Crippen molar-refractivity contribution >= 4 is 35.5 Å². The van der Waals surface area contributed by atoms with Crippen LogP contribution in [-0.4, -0.2) is 76.7 Å². The summed E-state index contributed by atoms with van der Waals surface area (Å²) in [5, 5.41) is 25.5. The Labute approximate surface area is 185 Å². The van der Waals surface area contributed by atoms with Gasteiger partial charge in [0.15, 0.2) is 0 Å². The summed E-state index contributed by atoms with van der Waals surface area (Å²) in [4.78, 5) is 48.5. The number of nitrogens with one attached hydrogen (secondary N) is 3. The largest absolute Gasteiger partial charge is 0.480 e. The molecule has 1 aromatic rings. The Morgan fingerprint density at radius 3 is 2.16 bits per heavy atom. The summed E-state index contributed by atoms with van der Waals surface area (Å²) in [5.74, 6) is -2.58. The molecule has 0 aliphatic heterocycles. The second-order valence-electron chi connectivity index (χ2n) is 6.95. The fourth-order valence-corrected chi connectivity index (χ4v) is 3.07. The number of carbonyl (C=O) groups excluding carboxylic acids is 3. The topological polar surface area (TPSA) is 171 Å². The summed E-state index contributed by atoms with van der Waals surface area (Å²) in [7, 11) is 0. The number of thioether (sulfide) groups is 1. The van der Waals surface area contributed by atoms with Crippen molar-refractivity contribution in [2.45, 2.75) is 43.9 Å². The number of rotatable bonds is 13. The molecule has 1 aromatic carbocycles. The van der Waals surface area contributed by atoms with Crippen molar-refractivity contribution < 1.29 is 29.4 Å². The molecular formula is C20H30N4O6S. The zero-order valence-electron chi connectivity index (χ0n) is 17.5. The van der Waals surface area contributed by atoms with Crippen LogP contribution in [0, 0.1) is 0 Å². The molecule has 11 heteroatoms. The van der Waals surface area contributed by atoms with Gasteiger partial charge < -0.3 is 31.9 Å². The van der Waals surface area contributed by atoms with Crippen molar-refractivity contribution in [2.75, 3.05) is 18.6 Å². The Hall–Kier alpha value is -2.63.